The maximum atomic E-state index is 12.1. The second-order valence-corrected chi connectivity index (χ2v) is 6.33. The molecule has 0 aromatic carbocycles. The molecule has 1 N–H and O–H groups in total. The molecular formula is C13H20BrN3O3. The first-order chi connectivity index (χ1) is 9.28. The van der Waals surface area contributed by atoms with Crippen molar-refractivity contribution in [2.75, 3.05) is 11.9 Å². The van der Waals surface area contributed by atoms with Crippen molar-refractivity contribution in [1.29, 1.82) is 0 Å². The van der Waals surface area contributed by atoms with Gasteiger partial charge in [-0.25, -0.2) is 4.57 Å². The lowest BCUT2D eigenvalue weighted by molar-refractivity contribution is -0.391. The van der Waals surface area contributed by atoms with Crippen molar-refractivity contribution in [3.05, 3.63) is 27.9 Å². The lowest BCUT2D eigenvalue weighted by atomic mass is 9.88. The van der Waals surface area contributed by atoms with Gasteiger partial charge in [0.1, 0.15) is 0 Å². The Kier molecular flexibility index (Phi) is 5.74. The lowest BCUT2D eigenvalue weighted by Crippen LogP contribution is -2.34. The average Bonchev–Trinajstić information content (AvgIpc) is 2.76. The van der Waals surface area contributed by atoms with E-state index < -0.39 is 4.92 Å². The van der Waals surface area contributed by atoms with E-state index in [4.69, 9.17) is 0 Å². The van der Waals surface area contributed by atoms with Crippen molar-refractivity contribution in [3.8, 4) is 0 Å². The summed E-state index contributed by atoms with van der Waals surface area (Å²) in [5.41, 5.74) is 0.300. The zero-order valence-electron chi connectivity index (χ0n) is 12.0. The van der Waals surface area contributed by atoms with Crippen LogP contribution in [0.2, 0.25) is 0 Å². The van der Waals surface area contributed by atoms with E-state index in [0.717, 1.165) is 18.2 Å². The molecule has 0 atom stereocenters. The largest absolute Gasteiger partial charge is 0.358 e. The van der Waals surface area contributed by atoms with Crippen LogP contribution < -0.4 is 5.32 Å². The van der Waals surface area contributed by atoms with Crippen LogP contribution in [-0.2, 0) is 7.05 Å². The third kappa shape index (κ3) is 4.33. The van der Waals surface area contributed by atoms with Crippen LogP contribution in [0.1, 0.15) is 37.2 Å². The molecule has 1 aromatic heterocycles. The highest BCUT2D eigenvalue weighted by atomic mass is 79.9. The van der Waals surface area contributed by atoms with Crippen LogP contribution in [0, 0.1) is 15.5 Å². The molecule has 7 heteroatoms. The molecule has 1 amide bonds. The van der Waals surface area contributed by atoms with E-state index >= 15 is 0 Å². The molecule has 6 nitrogen and oxygen atoms in total. The third-order valence-corrected chi connectivity index (χ3v) is 3.79. The Balaban J connectivity index is 2.66. The first-order valence-electron chi connectivity index (χ1n) is 6.43. The summed E-state index contributed by atoms with van der Waals surface area (Å²) in [6, 6.07) is 2.81. The predicted molar refractivity (Wildman–Crippen MR) is 81.2 cm³/mol. The summed E-state index contributed by atoms with van der Waals surface area (Å²) < 4.78 is 1.29. The van der Waals surface area contributed by atoms with Gasteiger partial charge in [0, 0.05) is 17.9 Å². The van der Waals surface area contributed by atoms with Gasteiger partial charge >= 0.3 is 5.82 Å². The third-order valence-electron chi connectivity index (χ3n) is 3.23. The van der Waals surface area contributed by atoms with Crippen molar-refractivity contribution < 1.29 is 9.72 Å². The van der Waals surface area contributed by atoms with E-state index in [1.165, 1.54) is 23.7 Å². The number of alkyl halides is 1. The van der Waals surface area contributed by atoms with Gasteiger partial charge in [-0.3, -0.25) is 4.79 Å². The first-order valence-corrected chi connectivity index (χ1v) is 7.55. The van der Waals surface area contributed by atoms with Gasteiger partial charge in [-0.2, -0.15) is 0 Å². The van der Waals surface area contributed by atoms with Crippen LogP contribution >= 0.6 is 15.9 Å². The van der Waals surface area contributed by atoms with E-state index in [2.05, 4.69) is 35.1 Å². The van der Waals surface area contributed by atoms with Crippen LogP contribution in [0.15, 0.2) is 12.1 Å². The molecule has 0 saturated heterocycles. The summed E-state index contributed by atoms with van der Waals surface area (Å²) in [4.78, 5) is 22.3. The SMILES string of the molecule is Cn1c(C(=O)NCC(C)(C)CCCBr)ccc1[N+](=O)[O-]. The van der Waals surface area contributed by atoms with E-state index in [1.54, 1.807) is 0 Å². The Hall–Kier alpha value is -1.37. The van der Waals surface area contributed by atoms with E-state index in [9.17, 15) is 14.9 Å². The van der Waals surface area contributed by atoms with Gasteiger partial charge in [0.05, 0.1) is 7.05 Å². The fourth-order valence-corrected chi connectivity index (χ4v) is 2.24. The number of nitrogens with one attached hydrogen (secondary N) is 1. The number of nitrogens with zero attached hydrogens (tertiary/aromatic N) is 2. The van der Waals surface area contributed by atoms with Gasteiger partial charge in [0.2, 0.25) is 0 Å². The van der Waals surface area contributed by atoms with Crippen molar-refractivity contribution in [2.45, 2.75) is 26.7 Å². The van der Waals surface area contributed by atoms with Crippen LogP contribution in [0.3, 0.4) is 0 Å². The van der Waals surface area contributed by atoms with Gasteiger partial charge < -0.3 is 15.4 Å². The fourth-order valence-electron chi connectivity index (χ4n) is 1.96. The van der Waals surface area contributed by atoms with Gasteiger partial charge in [0.25, 0.3) is 5.91 Å². The van der Waals surface area contributed by atoms with E-state index in [1.807, 2.05) is 0 Å². The Labute approximate surface area is 126 Å². The smallest absolute Gasteiger partial charge is 0.323 e. The molecular weight excluding hydrogens is 326 g/mol. The first kappa shape index (κ1) is 16.7. The van der Waals surface area contributed by atoms with Crippen LogP contribution in [0.5, 0.6) is 0 Å². The standard InChI is InChI=1S/C13H20BrN3O3/c1-13(2,7-4-8-14)9-15-12(18)10-5-6-11(16(10)3)17(19)20/h5-6H,4,7-9H2,1-3H3,(H,15,18). The highest BCUT2D eigenvalue weighted by Gasteiger charge is 2.23. The number of amides is 1. The number of hydrogen-bond donors (Lipinski definition) is 1. The molecule has 1 aromatic rings. The Morgan fingerprint density at radius 3 is 2.65 bits per heavy atom. The molecule has 0 radical (unpaired) electrons. The summed E-state index contributed by atoms with van der Waals surface area (Å²) in [5.74, 6) is -0.374. The summed E-state index contributed by atoms with van der Waals surface area (Å²) in [5, 5.41) is 14.5. The normalized spacial score (nSPS) is 11.4. The summed E-state index contributed by atoms with van der Waals surface area (Å²) in [7, 11) is 1.52. The molecule has 0 unspecified atom stereocenters. The van der Waals surface area contributed by atoms with Crippen molar-refractivity contribution in [3.63, 3.8) is 0 Å². The second-order valence-electron chi connectivity index (χ2n) is 5.53. The molecule has 20 heavy (non-hydrogen) atoms. The fraction of sp³-hybridized carbons (Fsp3) is 0.615. The number of halogens is 1. The monoisotopic (exact) mass is 345 g/mol. The molecule has 0 fully saturated rings. The van der Waals surface area contributed by atoms with Crippen LogP contribution in [0.25, 0.3) is 0 Å². The van der Waals surface area contributed by atoms with Gasteiger partial charge in [0.15, 0.2) is 5.69 Å². The Bertz CT molecular complexity index is 497. The maximum absolute atomic E-state index is 12.1. The van der Waals surface area contributed by atoms with Crippen molar-refractivity contribution in [1.82, 2.24) is 9.88 Å². The topological polar surface area (TPSA) is 77.2 Å². The van der Waals surface area contributed by atoms with Crippen LogP contribution in [0.4, 0.5) is 5.82 Å². The van der Waals surface area contributed by atoms with Gasteiger partial charge in [-0.15, -0.1) is 0 Å². The Morgan fingerprint density at radius 1 is 1.50 bits per heavy atom. The molecule has 1 heterocycles. The minimum absolute atomic E-state index is 0.000524. The molecule has 0 aliphatic rings. The number of rotatable bonds is 7. The minimum Gasteiger partial charge on any atom is -0.358 e. The Morgan fingerprint density at radius 2 is 2.15 bits per heavy atom. The molecule has 0 spiro atoms. The molecule has 0 saturated carbocycles. The molecule has 0 aliphatic heterocycles. The van der Waals surface area contributed by atoms with Crippen molar-refractivity contribution >= 4 is 27.7 Å². The number of hydrogen-bond acceptors (Lipinski definition) is 3. The quantitative estimate of drug-likeness (QED) is 0.468. The highest BCUT2D eigenvalue weighted by molar-refractivity contribution is 9.09. The highest BCUT2D eigenvalue weighted by Crippen LogP contribution is 2.22. The molecule has 112 valence electrons. The summed E-state index contributed by atoms with van der Waals surface area (Å²) in [6.45, 7) is 4.71. The zero-order valence-corrected chi connectivity index (χ0v) is 13.6. The summed E-state index contributed by atoms with van der Waals surface area (Å²) >= 11 is 3.39. The van der Waals surface area contributed by atoms with Crippen LogP contribution in [-0.4, -0.2) is 27.3 Å². The maximum Gasteiger partial charge on any atom is 0.323 e. The van der Waals surface area contributed by atoms with Gasteiger partial charge in [-0.05, 0) is 29.2 Å². The second kappa shape index (κ2) is 6.88. The molecule has 0 bridgehead atoms. The number of carbonyl (C=O) groups excluding carboxylic acids is 1. The predicted octanol–water partition coefficient (Wildman–Crippen LogP) is 2.86. The molecule has 1 rings (SSSR count). The summed E-state index contributed by atoms with van der Waals surface area (Å²) in [6.07, 6.45) is 2.03. The zero-order chi connectivity index (χ0) is 15.3. The van der Waals surface area contributed by atoms with Crippen molar-refractivity contribution in [2.24, 2.45) is 12.5 Å². The van der Waals surface area contributed by atoms with E-state index in [-0.39, 0.29) is 17.1 Å². The van der Waals surface area contributed by atoms with Gasteiger partial charge in [-0.1, -0.05) is 29.8 Å². The minimum atomic E-state index is -0.503. The molecule has 0 aliphatic carbocycles. The number of nitro groups is 1. The van der Waals surface area contributed by atoms with E-state index in [0.29, 0.717) is 12.2 Å². The lowest BCUT2D eigenvalue weighted by Gasteiger charge is -2.24. The number of carbonyl (C=O) groups is 1. The average molecular weight is 346 g/mol. The number of aromatic nitrogens is 1.